The highest BCUT2D eigenvalue weighted by Gasteiger charge is 2.53. The molecule has 1 saturated carbocycles. The van der Waals surface area contributed by atoms with Gasteiger partial charge in [-0.25, -0.2) is 14.7 Å². The number of hydrogen-bond acceptors (Lipinski definition) is 6. The summed E-state index contributed by atoms with van der Waals surface area (Å²) in [5.41, 5.74) is 0.189. The zero-order valence-corrected chi connectivity index (χ0v) is 15.2. The number of carbonyl (C=O) groups excluding carboxylic acids is 2. The average Bonchev–Trinajstić information content (AvgIpc) is 3.22. The molecule has 27 heavy (non-hydrogen) atoms. The smallest absolute Gasteiger partial charge is 0.330 e. The van der Waals surface area contributed by atoms with Crippen molar-refractivity contribution in [1.82, 2.24) is 15.3 Å². The van der Waals surface area contributed by atoms with Gasteiger partial charge in [-0.3, -0.25) is 4.79 Å². The first-order valence-electron chi connectivity index (χ1n) is 8.85. The van der Waals surface area contributed by atoms with Gasteiger partial charge in [-0.2, -0.15) is 4.98 Å². The molecule has 0 radical (unpaired) electrons. The van der Waals surface area contributed by atoms with Gasteiger partial charge in [0.2, 0.25) is 0 Å². The molecule has 1 N–H and O–H groups in total. The fourth-order valence-corrected chi connectivity index (χ4v) is 3.62. The summed E-state index contributed by atoms with van der Waals surface area (Å²) in [5.74, 6) is 1.12. The molecule has 1 aliphatic carbocycles. The molecule has 0 atom stereocenters. The van der Waals surface area contributed by atoms with Crippen LogP contribution in [0.3, 0.4) is 0 Å². The molecule has 4 rings (SSSR count). The van der Waals surface area contributed by atoms with E-state index in [0.717, 1.165) is 23.3 Å². The van der Waals surface area contributed by atoms with Crippen LogP contribution in [0.15, 0.2) is 30.5 Å². The van der Waals surface area contributed by atoms with Crippen LogP contribution >= 0.6 is 0 Å². The number of nitrogens with zero attached hydrogens (tertiary/aromatic N) is 3. The van der Waals surface area contributed by atoms with E-state index in [0.29, 0.717) is 24.3 Å². The van der Waals surface area contributed by atoms with Gasteiger partial charge in [0.05, 0.1) is 7.11 Å². The van der Waals surface area contributed by atoms with Gasteiger partial charge in [0.1, 0.15) is 17.0 Å². The highest BCUT2D eigenvalue weighted by atomic mass is 16.5. The number of methoxy groups -OCH3 is 1. The predicted molar refractivity (Wildman–Crippen MR) is 97.1 cm³/mol. The molecule has 1 saturated heterocycles. The Bertz CT molecular complexity index is 908. The van der Waals surface area contributed by atoms with Crippen LogP contribution in [0.1, 0.15) is 31.2 Å². The van der Waals surface area contributed by atoms with Crippen molar-refractivity contribution in [2.75, 3.05) is 12.0 Å². The van der Waals surface area contributed by atoms with Crippen molar-refractivity contribution in [1.29, 1.82) is 0 Å². The molecule has 2 aromatic rings. The predicted octanol–water partition coefficient (Wildman–Crippen LogP) is 2.95. The number of hydrogen-bond donors (Lipinski definition) is 1. The average molecular weight is 368 g/mol. The number of rotatable bonds is 4. The van der Waals surface area contributed by atoms with E-state index in [4.69, 9.17) is 9.47 Å². The summed E-state index contributed by atoms with van der Waals surface area (Å²) in [6, 6.07) is 6.48. The topological polar surface area (TPSA) is 93.7 Å². The number of imide groups is 1. The quantitative estimate of drug-likeness (QED) is 0.834. The Morgan fingerprint density at radius 2 is 1.96 bits per heavy atom. The van der Waals surface area contributed by atoms with Crippen molar-refractivity contribution in [2.24, 2.45) is 0 Å². The van der Waals surface area contributed by atoms with E-state index >= 15 is 0 Å². The van der Waals surface area contributed by atoms with E-state index in [9.17, 15) is 9.59 Å². The third-order valence-electron chi connectivity index (χ3n) is 5.06. The minimum Gasteiger partial charge on any atom is -0.496 e. The number of nitrogens with one attached hydrogen (secondary N) is 1. The van der Waals surface area contributed by atoms with E-state index in [2.05, 4.69) is 15.3 Å². The monoisotopic (exact) mass is 368 g/mol. The van der Waals surface area contributed by atoms with Crippen molar-refractivity contribution in [2.45, 2.75) is 38.1 Å². The Balaban J connectivity index is 1.59. The van der Waals surface area contributed by atoms with Crippen LogP contribution in [0.25, 0.3) is 0 Å². The van der Waals surface area contributed by atoms with E-state index < -0.39 is 11.6 Å². The maximum atomic E-state index is 12.9. The molecule has 1 aromatic carbocycles. The van der Waals surface area contributed by atoms with Gasteiger partial charge in [0, 0.05) is 18.3 Å². The minimum atomic E-state index is -0.784. The van der Waals surface area contributed by atoms with Gasteiger partial charge in [0.25, 0.3) is 5.91 Å². The molecule has 2 aliphatic rings. The molecule has 1 spiro atoms. The van der Waals surface area contributed by atoms with Crippen LogP contribution in [0, 0.1) is 6.92 Å². The van der Waals surface area contributed by atoms with Crippen molar-refractivity contribution < 1.29 is 19.1 Å². The summed E-state index contributed by atoms with van der Waals surface area (Å²) in [7, 11) is 1.58. The van der Waals surface area contributed by atoms with Crippen molar-refractivity contribution in [3.05, 3.63) is 36.0 Å². The van der Waals surface area contributed by atoms with Gasteiger partial charge in [-0.05, 0) is 31.4 Å². The van der Waals surface area contributed by atoms with Crippen LogP contribution in [0.5, 0.6) is 17.5 Å². The summed E-state index contributed by atoms with van der Waals surface area (Å²) in [4.78, 5) is 34.7. The van der Waals surface area contributed by atoms with E-state index in [1.165, 1.54) is 12.3 Å². The number of aromatic nitrogens is 2. The maximum absolute atomic E-state index is 12.9. The van der Waals surface area contributed by atoms with Crippen LogP contribution in [0.2, 0.25) is 0 Å². The Morgan fingerprint density at radius 3 is 2.70 bits per heavy atom. The van der Waals surface area contributed by atoms with Crippen molar-refractivity contribution >= 4 is 17.8 Å². The SMILES string of the molecule is COc1cc(Oc2nccc(N3C(=O)NC4(CCCC4)C3=O)n2)ccc1C. The van der Waals surface area contributed by atoms with Gasteiger partial charge in [-0.1, -0.05) is 18.9 Å². The van der Waals surface area contributed by atoms with Crippen LogP contribution in [0.4, 0.5) is 10.6 Å². The van der Waals surface area contributed by atoms with Crippen LogP contribution < -0.4 is 19.7 Å². The fraction of sp³-hybridized carbons (Fsp3) is 0.368. The fourth-order valence-electron chi connectivity index (χ4n) is 3.62. The molecule has 1 aliphatic heterocycles. The Morgan fingerprint density at radius 1 is 1.19 bits per heavy atom. The van der Waals surface area contributed by atoms with Gasteiger partial charge < -0.3 is 14.8 Å². The van der Waals surface area contributed by atoms with Gasteiger partial charge in [0.15, 0.2) is 5.82 Å². The summed E-state index contributed by atoms with van der Waals surface area (Å²) in [6.07, 6.45) is 4.63. The lowest BCUT2D eigenvalue weighted by atomic mass is 9.98. The van der Waals surface area contributed by atoms with Crippen molar-refractivity contribution in [3.8, 4) is 17.5 Å². The second kappa shape index (κ2) is 6.53. The number of urea groups is 1. The standard InChI is InChI=1S/C19H20N4O4/c1-12-5-6-13(11-14(12)26-2)27-17-20-10-7-15(21-17)23-16(24)19(22-18(23)25)8-3-4-9-19/h5-7,10-11H,3-4,8-9H2,1-2H3,(H,22,25). The summed E-state index contributed by atoms with van der Waals surface area (Å²) in [6.45, 7) is 1.93. The Hall–Kier alpha value is -3.16. The minimum absolute atomic E-state index is 0.0476. The molecule has 2 heterocycles. The lowest BCUT2D eigenvalue weighted by Gasteiger charge is -2.19. The normalized spacial score (nSPS) is 18.1. The number of benzene rings is 1. The molecule has 0 unspecified atom stereocenters. The molecule has 140 valence electrons. The third kappa shape index (κ3) is 2.97. The Labute approximate surface area is 156 Å². The highest BCUT2D eigenvalue weighted by Crippen LogP contribution is 2.36. The zero-order valence-electron chi connectivity index (χ0n) is 15.2. The molecule has 8 nitrogen and oxygen atoms in total. The van der Waals surface area contributed by atoms with E-state index in [-0.39, 0.29) is 17.7 Å². The van der Waals surface area contributed by atoms with Gasteiger partial charge in [-0.15, -0.1) is 0 Å². The number of amides is 3. The number of aryl methyl sites for hydroxylation is 1. The molecular weight excluding hydrogens is 348 g/mol. The van der Waals surface area contributed by atoms with Gasteiger partial charge >= 0.3 is 12.0 Å². The molecule has 8 heteroatoms. The lowest BCUT2D eigenvalue weighted by Crippen LogP contribution is -2.44. The number of carbonyl (C=O) groups is 2. The van der Waals surface area contributed by atoms with Crippen molar-refractivity contribution in [3.63, 3.8) is 0 Å². The highest BCUT2D eigenvalue weighted by molar-refractivity contribution is 6.23. The molecule has 0 bridgehead atoms. The first-order chi connectivity index (χ1) is 13.0. The second-order valence-electron chi connectivity index (χ2n) is 6.79. The van der Waals surface area contributed by atoms with E-state index in [1.807, 2.05) is 13.0 Å². The first kappa shape index (κ1) is 17.3. The molecule has 1 aromatic heterocycles. The Kier molecular flexibility index (Phi) is 4.18. The third-order valence-corrected chi connectivity index (χ3v) is 5.06. The van der Waals surface area contributed by atoms with E-state index in [1.54, 1.807) is 19.2 Å². The number of ether oxygens (including phenoxy) is 2. The zero-order chi connectivity index (χ0) is 19.0. The van der Waals surface area contributed by atoms with Crippen LogP contribution in [-0.2, 0) is 4.79 Å². The maximum Gasteiger partial charge on any atom is 0.330 e. The summed E-state index contributed by atoms with van der Waals surface area (Å²) >= 11 is 0. The summed E-state index contributed by atoms with van der Waals surface area (Å²) in [5, 5.41) is 2.84. The second-order valence-corrected chi connectivity index (χ2v) is 6.79. The first-order valence-corrected chi connectivity index (χ1v) is 8.85. The summed E-state index contributed by atoms with van der Waals surface area (Å²) < 4.78 is 11.0. The molecule has 3 amide bonds. The molecule has 2 fully saturated rings. The largest absolute Gasteiger partial charge is 0.496 e. The number of anilines is 1. The molecular formula is C19H20N4O4. The lowest BCUT2D eigenvalue weighted by molar-refractivity contribution is -0.121. The van der Waals surface area contributed by atoms with Crippen LogP contribution in [-0.4, -0.2) is 34.6 Å².